The highest BCUT2D eigenvalue weighted by molar-refractivity contribution is 5.22. The summed E-state index contributed by atoms with van der Waals surface area (Å²) in [7, 11) is 1.44. The van der Waals surface area contributed by atoms with Gasteiger partial charge >= 0.3 is 0 Å². The van der Waals surface area contributed by atoms with E-state index < -0.39 is 89.9 Å². The molecule has 0 aromatic carbocycles. The lowest BCUT2D eigenvalue weighted by Gasteiger charge is -2.66. The fourth-order valence-corrected chi connectivity index (χ4v) is 12.4. The first kappa shape index (κ1) is 42.1. The molecule has 308 valence electrons. The molecule has 6 aliphatic rings. The van der Waals surface area contributed by atoms with Gasteiger partial charge in [-0.2, -0.15) is 0 Å². The van der Waals surface area contributed by atoms with Gasteiger partial charge in [0, 0.05) is 19.4 Å². The number of aliphatic hydroxyl groups is 9. The normalized spacial score (nSPS) is 52.8. The first-order chi connectivity index (χ1) is 24.9. The Morgan fingerprint density at radius 1 is 0.736 bits per heavy atom. The summed E-state index contributed by atoms with van der Waals surface area (Å²) in [6.45, 7) is 10.6. The summed E-state index contributed by atoms with van der Waals surface area (Å²) >= 11 is 0. The Bertz CT molecular complexity index is 1230. The van der Waals surface area contributed by atoms with Crippen molar-refractivity contribution in [2.45, 2.75) is 165 Å². The van der Waals surface area contributed by atoms with E-state index >= 15 is 0 Å². The second-order valence-electron chi connectivity index (χ2n) is 18.6. The Morgan fingerprint density at radius 2 is 1.38 bits per heavy atom. The number of ether oxygens (including phenoxy) is 5. The third-order valence-corrected chi connectivity index (χ3v) is 15.3. The van der Waals surface area contributed by atoms with Gasteiger partial charge in [0.05, 0.1) is 49.8 Å². The highest BCUT2D eigenvalue weighted by Crippen LogP contribution is 2.70. The van der Waals surface area contributed by atoms with Gasteiger partial charge in [-0.05, 0) is 91.3 Å². The van der Waals surface area contributed by atoms with Crippen molar-refractivity contribution in [1.29, 1.82) is 0 Å². The molecule has 14 heteroatoms. The quantitative estimate of drug-likeness (QED) is 0.129. The minimum atomic E-state index is -1.39. The molecule has 0 aromatic heterocycles. The molecule has 2 aliphatic heterocycles. The smallest absolute Gasteiger partial charge is 0.186 e. The van der Waals surface area contributed by atoms with Crippen LogP contribution in [-0.2, 0) is 23.7 Å². The van der Waals surface area contributed by atoms with Crippen molar-refractivity contribution in [3.8, 4) is 0 Å². The maximum Gasteiger partial charge on any atom is 0.186 e. The van der Waals surface area contributed by atoms with Crippen LogP contribution in [0.15, 0.2) is 0 Å². The van der Waals surface area contributed by atoms with E-state index in [9.17, 15) is 46.0 Å². The third kappa shape index (κ3) is 7.39. The van der Waals surface area contributed by atoms with Crippen molar-refractivity contribution in [3.63, 3.8) is 0 Å². The van der Waals surface area contributed by atoms with Gasteiger partial charge in [0.15, 0.2) is 12.6 Å². The van der Waals surface area contributed by atoms with E-state index in [-0.39, 0.29) is 67.9 Å². The Morgan fingerprint density at radius 3 is 2.04 bits per heavy atom. The molecule has 0 spiro atoms. The van der Waals surface area contributed by atoms with Gasteiger partial charge in [-0.1, -0.05) is 34.6 Å². The van der Waals surface area contributed by atoms with Crippen LogP contribution in [0, 0.1) is 52.3 Å². The van der Waals surface area contributed by atoms with Crippen LogP contribution in [-0.4, -0.2) is 152 Å². The average Bonchev–Trinajstić information content (AvgIpc) is 3.31. The molecule has 2 saturated heterocycles. The monoisotopic (exact) mass is 760 g/mol. The number of aliphatic hydroxyl groups excluding tert-OH is 8. The maximum absolute atomic E-state index is 12.8. The van der Waals surface area contributed by atoms with Crippen LogP contribution in [0.5, 0.6) is 0 Å². The molecule has 4 saturated carbocycles. The SMILES string of the molecule is CO[C@H]1[C@H](O[C@H]2CC[C@@]3(C)C(C2)[C@H](O)C[C@]2(O)C3CC[C@@]3(C)C2C(O)[C@H](O)[C@@H]3[C@H](C)CCC(CO[C@@H]2OC[C@@H](O)[C@H](O)[C@H]2O)C(C)C)OC[C@@H](O)[C@@H]1O. The Labute approximate surface area is 313 Å². The molecule has 53 heavy (non-hydrogen) atoms. The van der Waals surface area contributed by atoms with Gasteiger partial charge in [-0.3, -0.25) is 0 Å². The van der Waals surface area contributed by atoms with Crippen molar-refractivity contribution >= 4 is 0 Å². The van der Waals surface area contributed by atoms with E-state index in [1.807, 2.05) is 0 Å². The standard InChI is InChI=1S/C39H68O14/c1-18(2)20(15-50-35-32(47)28(43)24(41)16-51-35)8-7-19(3)27-30(45)31(46)34-38(27,5)12-10-26-37(4)11-9-21(13-22(37)23(40)14-39(26,34)48)53-36-33(49-6)29(44)25(42)17-52-36/h18-36,40-48H,7-17H2,1-6H3/t19-,20?,21+,22?,23-,24-,25-,26?,27+,28+,29+,30-,31?,32-,33-,34?,35-,36+,37+,38-,39+/m1/s1. The summed E-state index contributed by atoms with van der Waals surface area (Å²) in [5.74, 6) is -0.996. The Hall–Kier alpha value is -0.560. The minimum Gasteiger partial charge on any atom is -0.393 e. The molecule has 6 rings (SSSR count). The van der Waals surface area contributed by atoms with Crippen LogP contribution in [0.1, 0.15) is 86.0 Å². The minimum absolute atomic E-state index is 0.00783. The zero-order valence-corrected chi connectivity index (χ0v) is 32.3. The zero-order chi connectivity index (χ0) is 38.8. The van der Waals surface area contributed by atoms with Crippen LogP contribution in [0.2, 0.25) is 0 Å². The Balaban J connectivity index is 1.12. The van der Waals surface area contributed by atoms with E-state index in [0.29, 0.717) is 25.7 Å². The van der Waals surface area contributed by atoms with Gasteiger partial charge in [-0.25, -0.2) is 0 Å². The highest BCUT2D eigenvalue weighted by Gasteiger charge is 2.72. The molecule has 4 aliphatic carbocycles. The Kier molecular flexibility index (Phi) is 12.7. The number of hydrogen-bond donors (Lipinski definition) is 9. The molecule has 0 radical (unpaired) electrons. The second kappa shape index (κ2) is 16.0. The van der Waals surface area contributed by atoms with E-state index in [4.69, 9.17) is 23.7 Å². The van der Waals surface area contributed by atoms with Gasteiger partial charge in [0.1, 0.15) is 36.6 Å². The van der Waals surface area contributed by atoms with Gasteiger partial charge in [-0.15, -0.1) is 0 Å². The summed E-state index contributed by atoms with van der Waals surface area (Å²) in [5, 5.41) is 99.0. The van der Waals surface area contributed by atoms with E-state index in [0.717, 1.165) is 19.3 Å². The average molecular weight is 761 g/mol. The molecule has 21 atom stereocenters. The van der Waals surface area contributed by atoms with E-state index in [1.54, 1.807) is 0 Å². The van der Waals surface area contributed by atoms with Crippen LogP contribution in [0.25, 0.3) is 0 Å². The molecule has 14 nitrogen and oxygen atoms in total. The van der Waals surface area contributed by atoms with Gasteiger partial charge in [0.2, 0.25) is 0 Å². The molecule has 2 heterocycles. The van der Waals surface area contributed by atoms with Crippen molar-refractivity contribution in [2.24, 2.45) is 52.3 Å². The first-order valence-corrected chi connectivity index (χ1v) is 20.1. The fraction of sp³-hybridized carbons (Fsp3) is 1.00. The van der Waals surface area contributed by atoms with Crippen molar-refractivity contribution < 1.29 is 69.6 Å². The molecule has 5 unspecified atom stereocenters. The van der Waals surface area contributed by atoms with Crippen LogP contribution < -0.4 is 0 Å². The lowest BCUT2D eigenvalue weighted by atomic mass is 9.41. The molecular weight excluding hydrogens is 692 g/mol. The molecule has 6 fully saturated rings. The predicted octanol–water partition coefficient (Wildman–Crippen LogP) is 0.295. The summed E-state index contributed by atoms with van der Waals surface area (Å²) in [4.78, 5) is 0. The lowest BCUT2D eigenvalue weighted by Crippen LogP contribution is -2.69. The maximum atomic E-state index is 12.8. The molecular formula is C39H68O14. The number of rotatable bonds is 11. The highest BCUT2D eigenvalue weighted by atomic mass is 16.7. The van der Waals surface area contributed by atoms with E-state index in [2.05, 4.69) is 34.6 Å². The molecule has 9 N–H and O–H groups in total. The zero-order valence-electron chi connectivity index (χ0n) is 32.3. The van der Waals surface area contributed by atoms with Gasteiger partial charge in [0.25, 0.3) is 0 Å². The third-order valence-electron chi connectivity index (χ3n) is 15.3. The topological polar surface area (TPSA) is 228 Å². The number of fused-ring (bicyclic) bond motifs is 5. The van der Waals surface area contributed by atoms with Gasteiger partial charge < -0.3 is 69.6 Å². The summed E-state index contributed by atoms with van der Waals surface area (Å²) in [6.07, 6.45) is -7.35. The van der Waals surface area contributed by atoms with E-state index in [1.165, 1.54) is 7.11 Å². The molecule has 0 aromatic rings. The van der Waals surface area contributed by atoms with Crippen LogP contribution in [0.3, 0.4) is 0 Å². The summed E-state index contributed by atoms with van der Waals surface area (Å²) in [6, 6.07) is 0. The summed E-state index contributed by atoms with van der Waals surface area (Å²) < 4.78 is 28.8. The van der Waals surface area contributed by atoms with Crippen molar-refractivity contribution in [3.05, 3.63) is 0 Å². The van der Waals surface area contributed by atoms with Crippen LogP contribution in [0.4, 0.5) is 0 Å². The number of methoxy groups -OCH3 is 1. The van der Waals surface area contributed by atoms with Crippen LogP contribution >= 0.6 is 0 Å². The largest absolute Gasteiger partial charge is 0.393 e. The predicted molar refractivity (Wildman–Crippen MR) is 189 cm³/mol. The summed E-state index contributed by atoms with van der Waals surface area (Å²) in [5.41, 5.74) is -2.41. The van der Waals surface area contributed by atoms with Crippen molar-refractivity contribution in [1.82, 2.24) is 0 Å². The van der Waals surface area contributed by atoms with Crippen molar-refractivity contribution in [2.75, 3.05) is 26.9 Å². The fourth-order valence-electron chi connectivity index (χ4n) is 12.4. The first-order valence-electron chi connectivity index (χ1n) is 20.1. The molecule has 0 bridgehead atoms. The second-order valence-corrected chi connectivity index (χ2v) is 18.6. The lowest BCUT2D eigenvalue weighted by molar-refractivity contribution is -0.303. The number of hydrogen-bond acceptors (Lipinski definition) is 14. The molecule has 0 amide bonds.